The highest BCUT2D eigenvalue weighted by molar-refractivity contribution is 6.07. The molecule has 2 heterocycles. The number of primary amides is 1. The van der Waals surface area contributed by atoms with Crippen molar-refractivity contribution in [3.05, 3.63) is 65.1 Å². The van der Waals surface area contributed by atoms with E-state index in [9.17, 15) is 18.8 Å². The lowest BCUT2D eigenvalue weighted by molar-refractivity contribution is -0.110. The van der Waals surface area contributed by atoms with Gasteiger partial charge in [0, 0.05) is 23.7 Å². The number of nitrogens with two attached hydrogens (primary N) is 2. The predicted molar refractivity (Wildman–Crippen MR) is 134 cm³/mol. The van der Waals surface area contributed by atoms with Crippen LogP contribution in [0.5, 0.6) is 5.75 Å². The zero-order valence-corrected chi connectivity index (χ0v) is 20.0. The van der Waals surface area contributed by atoms with Gasteiger partial charge in [0.1, 0.15) is 41.0 Å². The first-order valence-corrected chi connectivity index (χ1v) is 10.9. The van der Waals surface area contributed by atoms with E-state index in [0.29, 0.717) is 30.5 Å². The van der Waals surface area contributed by atoms with E-state index in [2.05, 4.69) is 15.4 Å². The Morgan fingerprint density at radius 2 is 2.03 bits per heavy atom. The van der Waals surface area contributed by atoms with E-state index < -0.39 is 11.9 Å². The van der Waals surface area contributed by atoms with Gasteiger partial charge in [0.25, 0.3) is 5.91 Å². The molecule has 0 fully saturated rings. The predicted octanol–water partition coefficient (Wildman–Crippen LogP) is 2.86. The van der Waals surface area contributed by atoms with Crippen LogP contribution in [-0.2, 0) is 16.1 Å². The SMILES string of the molecule is CC(C=O)n1nc(-c2ccc(CNC=O)c3[nH]ccc23)c(C(N)=O)c1N.COc1ccc(F)cc1C. The first-order chi connectivity index (χ1) is 17.2. The Morgan fingerprint density at radius 3 is 2.64 bits per heavy atom. The third-order valence-electron chi connectivity index (χ3n) is 5.57. The van der Waals surface area contributed by atoms with Gasteiger partial charge in [-0.2, -0.15) is 5.10 Å². The Bertz CT molecular complexity index is 1410. The fraction of sp³-hybridized carbons (Fsp3) is 0.200. The van der Waals surface area contributed by atoms with E-state index >= 15 is 0 Å². The van der Waals surface area contributed by atoms with Gasteiger partial charge in [0.15, 0.2) is 0 Å². The number of methoxy groups -OCH3 is 1. The lowest BCUT2D eigenvalue weighted by Crippen LogP contribution is -2.16. The standard InChI is InChI=1S/C17H18N6O3.C8H9FO/c1-9(7-24)23-16(18)13(17(19)26)15(22-23)11-3-2-10(6-20-8-25)14-12(11)4-5-21-14;1-6-5-7(9)3-4-8(6)10-2/h2-5,7-9,21H,6,18H2,1H3,(H2,19,26)(H,20,25);3-5H,1-2H3. The number of aromatic nitrogens is 3. The normalized spacial score (nSPS) is 11.3. The number of aryl methyl sites for hydroxylation is 1. The van der Waals surface area contributed by atoms with Crippen molar-refractivity contribution in [3.63, 3.8) is 0 Å². The van der Waals surface area contributed by atoms with Crippen LogP contribution in [0.15, 0.2) is 42.6 Å². The molecular weight excluding hydrogens is 467 g/mol. The van der Waals surface area contributed by atoms with Gasteiger partial charge in [0.05, 0.1) is 12.6 Å². The number of hydrogen-bond acceptors (Lipinski definition) is 6. The summed E-state index contributed by atoms with van der Waals surface area (Å²) < 4.78 is 18.6. The molecule has 10 nitrogen and oxygen atoms in total. The molecule has 36 heavy (non-hydrogen) atoms. The van der Waals surface area contributed by atoms with Crippen LogP contribution in [0.25, 0.3) is 22.2 Å². The average Bonchev–Trinajstić information content (AvgIpc) is 3.48. The maximum Gasteiger partial charge on any atom is 0.254 e. The highest BCUT2D eigenvalue weighted by atomic mass is 19.1. The van der Waals surface area contributed by atoms with E-state index in [-0.39, 0.29) is 17.2 Å². The molecule has 0 radical (unpaired) electrons. The fourth-order valence-corrected chi connectivity index (χ4v) is 3.81. The lowest BCUT2D eigenvalue weighted by Gasteiger charge is -2.07. The van der Waals surface area contributed by atoms with Crippen molar-refractivity contribution in [2.24, 2.45) is 5.73 Å². The smallest absolute Gasteiger partial charge is 0.254 e. The van der Waals surface area contributed by atoms with Crippen LogP contribution in [0.3, 0.4) is 0 Å². The number of aldehydes is 1. The summed E-state index contributed by atoms with van der Waals surface area (Å²) in [5.41, 5.74) is 15.0. The largest absolute Gasteiger partial charge is 0.496 e. The van der Waals surface area contributed by atoms with Gasteiger partial charge in [-0.1, -0.05) is 12.1 Å². The van der Waals surface area contributed by atoms with Gasteiger partial charge in [-0.05, 0) is 49.2 Å². The summed E-state index contributed by atoms with van der Waals surface area (Å²) in [6, 6.07) is 9.23. The molecule has 11 heteroatoms. The number of H-pyrrole nitrogens is 1. The van der Waals surface area contributed by atoms with Crippen molar-refractivity contribution in [1.29, 1.82) is 0 Å². The maximum absolute atomic E-state index is 12.4. The summed E-state index contributed by atoms with van der Waals surface area (Å²) in [5, 5.41) is 7.78. The molecule has 1 unspecified atom stereocenters. The minimum atomic E-state index is -0.725. The number of rotatable bonds is 8. The number of anilines is 1. The van der Waals surface area contributed by atoms with Gasteiger partial charge in [-0.15, -0.1) is 0 Å². The van der Waals surface area contributed by atoms with Crippen LogP contribution >= 0.6 is 0 Å². The summed E-state index contributed by atoms with van der Waals surface area (Å²) in [6.07, 6.45) is 3.05. The molecule has 188 valence electrons. The maximum atomic E-state index is 12.4. The molecule has 0 bridgehead atoms. The first-order valence-electron chi connectivity index (χ1n) is 10.9. The van der Waals surface area contributed by atoms with E-state index in [1.54, 1.807) is 32.4 Å². The summed E-state index contributed by atoms with van der Waals surface area (Å²) in [4.78, 5) is 36.8. The topological polar surface area (TPSA) is 158 Å². The Morgan fingerprint density at radius 1 is 1.28 bits per heavy atom. The summed E-state index contributed by atoms with van der Waals surface area (Å²) in [7, 11) is 1.57. The average molecular weight is 495 g/mol. The molecule has 6 N–H and O–H groups in total. The highest BCUT2D eigenvalue weighted by Gasteiger charge is 2.25. The first kappa shape index (κ1) is 25.9. The van der Waals surface area contributed by atoms with E-state index in [4.69, 9.17) is 16.2 Å². The number of hydrogen-bond donors (Lipinski definition) is 4. The number of nitrogen functional groups attached to an aromatic ring is 1. The van der Waals surface area contributed by atoms with Crippen LogP contribution in [0.2, 0.25) is 0 Å². The molecule has 2 aromatic heterocycles. The molecule has 4 rings (SSSR count). The molecule has 0 aliphatic heterocycles. The van der Waals surface area contributed by atoms with Crippen molar-refractivity contribution < 1.29 is 23.5 Å². The summed E-state index contributed by atoms with van der Waals surface area (Å²) >= 11 is 0. The van der Waals surface area contributed by atoms with Crippen molar-refractivity contribution in [2.75, 3.05) is 12.8 Å². The van der Waals surface area contributed by atoms with Crippen LogP contribution in [0.1, 0.15) is 34.5 Å². The zero-order valence-electron chi connectivity index (χ0n) is 20.0. The van der Waals surface area contributed by atoms with E-state index in [1.165, 1.54) is 16.8 Å². The third-order valence-corrected chi connectivity index (χ3v) is 5.57. The molecular formula is C25H27FN6O4. The second kappa shape index (κ2) is 11.2. The van der Waals surface area contributed by atoms with Crippen LogP contribution in [0.4, 0.5) is 10.2 Å². The number of ether oxygens (including phenoxy) is 1. The molecule has 0 aliphatic carbocycles. The number of halogens is 1. The van der Waals surface area contributed by atoms with Crippen molar-refractivity contribution in [2.45, 2.75) is 26.4 Å². The molecule has 0 saturated heterocycles. The molecule has 1 atom stereocenters. The summed E-state index contributed by atoms with van der Waals surface area (Å²) in [5.74, 6) is -0.181. The Hall–Kier alpha value is -4.67. The molecule has 0 spiro atoms. The van der Waals surface area contributed by atoms with Crippen LogP contribution in [0, 0.1) is 12.7 Å². The number of nitrogens with one attached hydrogen (secondary N) is 2. The van der Waals surface area contributed by atoms with Crippen LogP contribution < -0.4 is 21.5 Å². The second-order valence-corrected chi connectivity index (χ2v) is 7.95. The zero-order chi connectivity index (χ0) is 26.4. The van der Waals surface area contributed by atoms with Crippen molar-refractivity contribution >= 4 is 35.3 Å². The highest BCUT2D eigenvalue weighted by Crippen LogP contribution is 2.34. The van der Waals surface area contributed by atoms with E-state index in [0.717, 1.165) is 27.8 Å². The Kier molecular flexibility index (Phi) is 8.05. The Balaban J connectivity index is 0.000000303. The number of aromatic amines is 1. The number of nitrogens with zero attached hydrogens (tertiary/aromatic N) is 2. The summed E-state index contributed by atoms with van der Waals surface area (Å²) in [6.45, 7) is 3.77. The molecule has 2 aromatic carbocycles. The quantitative estimate of drug-likeness (QED) is 0.276. The van der Waals surface area contributed by atoms with Gasteiger partial charge in [-0.25, -0.2) is 9.07 Å². The molecule has 4 aromatic rings. The molecule has 0 aliphatic rings. The monoisotopic (exact) mass is 494 g/mol. The fourth-order valence-electron chi connectivity index (χ4n) is 3.81. The van der Waals surface area contributed by atoms with Crippen LogP contribution in [-0.4, -0.2) is 40.5 Å². The lowest BCUT2D eigenvalue weighted by atomic mass is 10.0. The van der Waals surface area contributed by atoms with Gasteiger partial charge >= 0.3 is 0 Å². The molecule has 0 saturated carbocycles. The number of fused-ring (bicyclic) bond motifs is 1. The minimum absolute atomic E-state index is 0.0440. The Labute approximate surface area is 206 Å². The van der Waals surface area contributed by atoms with Crippen molar-refractivity contribution in [1.82, 2.24) is 20.1 Å². The minimum Gasteiger partial charge on any atom is -0.496 e. The number of benzene rings is 2. The number of carbonyl (C=O) groups is 3. The van der Waals surface area contributed by atoms with E-state index in [1.807, 2.05) is 19.1 Å². The third kappa shape index (κ3) is 5.19. The van der Waals surface area contributed by atoms with Gasteiger partial charge < -0.3 is 31.3 Å². The van der Waals surface area contributed by atoms with Crippen molar-refractivity contribution in [3.8, 4) is 17.0 Å². The van der Waals surface area contributed by atoms with Gasteiger partial charge in [0.2, 0.25) is 6.41 Å². The number of amides is 2. The number of carbonyl (C=O) groups excluding carboxylic acids is 3. The van der Waals surface area contributed by atoms with Gasteiger partial charge in [-0.3, -0.25) is 9.59 Å². The molecule has 2 amide bonds. The second-order valence-electron chi connectivity index (χ2n) is 7.95.